The van der Waals surface area contributed by atoms with Gasteiger partial charge >= 0.3 is 0 Å². The Morgan fingerprint density at radius 3 is 2.79 bits per heavy atom. The van der Waals surface area contributed by atoms with Crippen molar-refractivity contribution in [2.45, 2.75) is 77.7 Å². The molecular weight excluding hydrogens is 346 g/mol. The van der Waals surface area contributed by atoms with Crippen molar-refractivity contribution in [2.24, 2.45) is 28.6 Å². The topological polar surface area (TPSA) is 42.4 Å². The molecule has 28 heavy (non-hydrogen) atoms. The van der Waals surface area contributed by atoms with Crippen LogP contribution >= 0.6 is 0 Å². The minimum atomic E-state index is -0.145. The lowest BCUT2D eigenvalue weighted by Crippen LogP contribution is -2.46. The molecule has 3 aliphatic rings. The van der Waals surface area contributed by atoms with Crippen LogP contribution in [0.25, 0.3) is 0 Å². The van der Waals surface area contributed by atoms with Gasteiger partial charge in [0.25, 0.3) is 0 Å². The summed E-state index contributed by atoms with van der Waals surface area (Å²) in [5, 5.41) is 10.4. The van der Waals surface area contributed by atoms with Gasteiger partial charge in [-0.15, -0.1) is 0 Å². The number of ether oxygens (including phenoxy) is 1. The van der Waals surface area contributed by atoms with E-state index in [0.717, 1.165) is 37.5 Å². The van der Waals surface area contributed by atoms with Gasteiger partial charge in [-0.05, 0) is 92.4 Å². The number of allylic oxidation sites excluding steroid dienone is 1. The van der Waals surface area contributed by atoms with Gasteiger partial charge in [0.05, 0.1) is 12.7 Å². The number of hydrogen-bond acceptors (Lipinski definition) is 3. The van der Waals surface area contributed by atoms with Gasteiger partial charge in [-0.25, -0.2) is 4.98 Å². The summed E-state index contributed by atoms with van der Waals surface area (Å²) in [4.78, 5) is 4.27. The summed E-state index contributed by atoms with van der Waals surface area (Å²) in [6.45, 7) is 10.1. The van der Waals surface area contributed by atoms with E-state index in [2.05, 4.69) is 25.4 Å². The predicted octanol–water partition coefficient (Wildman–Crippen LogP) is 5.79. The molecule has 3 saturated carbocycles. The van der Waals surface area contributed by atoms with E-state index in [1.54, 1.807) is 6.20 Å². The smallest absolute Gasteiger partial charge is 0.213 e. The minimum Gasteiger partial charge on any atom is -0.478 e. The summed E-state index contributed by atoms with van der Waals surface area (Å²) < 4.78 is 5.92. The SMILES string of the molecule is C=C1CCC2CC(C3(C)CCC(O)CC3CCOc3ccccn3)CCC12C. The van der Waals surface area contributed by atoms with Crippen LogP contribution in [-0.4, -0.2) is 22.8 Å². The fourth-order valence-electron chi connectivity index (χ4n) is 6.65. The summed E-state index contributed by atoms with van der Waals surface area (Å²) in [6.07, 6.45) is 12.2. The van der Waals surface area contributed by atoms with Crippen LogP contribution in [0.3, 0.4) is 0 Å². The lowest BCUT2D eigenvalue weighted by atomic mass is 9.52. The van der Waals surface area contributed by atoms with E-state index in [-0.39, 0.29) is 6.10 Å². The fraction of sp³-hybridized carbons (Fsp3) is 0.720. The van der Waals surface area contributed by atoms with Gasteiger partial charge in [-0.2, -0.15) is 0 Å². The van der Waals surface area contributed by atoms with Crippen LogP contribution in [-0.2, 0) is 0 Å². The first-order valence-electron chi connectivity index (χ1n) is 11.3. The first-order valence-corrected chi connectivity index (χ1v) is 11.3. The number of nitrogens with zero attached hydrogens (tertiary/aromatic N) is 1. The molecule has 0 aliphatic heterocycles. The Bertz CT molecular complexity index is 689. The molecule has 3 fully saturated rings. The molecule has 6 unspecified atom stereocenters. The molecule has 1 heterocycles. The molecule has 1 aromatic heterocycles. The average Bonchev–Trinajstić information content (AvgIpc) is 3.00. The highest BCUT2D eigenvalue weighted by Crippen LogP contribution is 2.61. The van der Waals surface area contributed by atoms with Crippen molar-refractivity contribution >= 4 is 0 Å². The molecule has 154 valence electrons. The summed E-state index contributed by atoms with van der Waals surface area (Å²) in [5.74, 6) is 2.81. The van der Waals surface area contributed by atoms with E-state index < -0.39 is 0 Å². The molecule has 1 aromatic rings. The second-order valence-electron chi connectivity index (χ2n) is 10.2. The lowest BCUT2D eigenvalue weighted by molar-refractivity contribution is -0.0549. The van der Waals surface area contributed by atoms with Crippen LogP contribution in [0, 0.1) is 28.6 Å². The number of rotatable bonds is 5. The Morgan fingerprint density at radius 2 is 2.00 bits per heavy atom. The second kappa shape index (κ2) is 7.82. The molecule has 0 spiro atoms. The third-order valence-electron chi connectivity index (χ3n) is 8.88. The molecule has 3 nitrogen and oxygen atoms in total. The first kappa shape index (κ1) is 19.9. The van der Waals surface area contributed by atoms with Gasteiger partial charge < -0.3 is 9.84 Å². The van der Waals surface area contributed by atoms with Crippen LogP contribution < -0.4 is 4.74 Å². The van der Waals surface area contributed by atoms with Crippen molar-refractivity contribution in [3.63, 3.8) is 0 Å². The van der Waals surface area contributed by atoms with Crippen LogP contribution in [0.2, 0.25) is 0 Å². The summed E-state index contributed by atoms with van der Waals surface area (Å²) in [5.41, 5.74) is 2.21. The summed E-state index contributed by atoms with van der Waals surface area (Å²) in [7, 11) is 0. The third kappa shape index (κ3) is 3.63. The van der Waals surface area contributed by atoms with Crippen LogP contribution in [0.5, 0.6) is 5.88 Å². The van der Waals surface area contributed by atoms with Crippen LogP contribution in [0.4, 0.5) is 0 Å². The molecule has 0 bridgehead atoms. The molecule has 0 radical (unpaired) electrons. The largest absolute Gasteiger partial charge is 0.478 e. The Balaban J connectivity index is 1.43. The number of aromatic nitrogens is 1. The van der Waals surface area contributed by atoms with Crippen LogP contribution in [0.15, 0.2) is 36.5 Å². The van der Waals surface area contributed by atoms with Crippen molar-refractivity contribution < 1.29 is 9.84 Å². The average molecular weight is 384 g/mol. The summed E-state index contributed by atoms with van der Waals surface area (Å²) in [6, 6.07) is 5.80. The highest BCUT2D eigenvalue weighted by atomic mass is 16.5. The summed E-state index contributed by atoms with van der Waals surface area (Å²) >= 11 is 0. The number of fused-ring (bicyclic) bond motifs is 1. The van der Waals surface area contributed by atoms with Crippen molar-refractivity contribution in [3.05, 3.63) is 36.5 Å². The van der Waals surface area contributed by atoms with Gasteiger partial charge in [0.2, 0.25) is 5.88 Å². The zero-order valence-electron chi connectivity index (χ0n) is 17.7. The third-order valence-corrected chi connectivity index (χ3v) is 8.88. The molecule has 0 aromatic carbocycles. The van der Waals surface area contributed by atoms with E-state index in [9.17, 15) is 5.11 Å². The van der Waals surface area contributed by atoms with Crippen molar-refractivity contribution in [3.8, 4) is 5.88 Å². The van der Waals surface area contributed by atoms with Crippen LogP contribution in [0.1, 0.15) is 71.6 Å². The Morgan fingerprint density at radius 1 is 1.14 bits per heavy atom. The predicted molar refractivity (Wildman–Crippen MR) is 113 cm³/mol. The Hall–Kier alpha value is -1.35. The zero-order valence-corrected chi connectivity index (χ0v) is 17.7. The molecule has 4 rings (SSSR count). The molecule has 3 heteroatoms. The van der Waals surface area contributed by atoms with Gasteiger partial charge in [0, 0.05) is 12.3 Å². The van der Waals surface area contributed by atoms with E-state index >= 15 is 0 Å². The lowest BCUT2D eigenvalue weighted by Gasteiger charge is -2.53. The van der Waals surface area contributed by atoms with E-state index in [0.29, 0.717) is 29.2 Å². The van der Waals surface area contributed by atoms with E-state index in [1.165, 1.54) is 37.7 Å². The number of pyridine rings is 1. The Labute approximate surface area is 170 Å². The maximum Gasteiger partial charge on any atom is 0.213 e. The van der Waals surface area contributed by atoms with Crippen molar-refractivity contribution in [2.75, 3.05) is 6.61 Å². The highest BCUT2D eigenvalue weighted by molar-refractivity contribution is 5.19. The quantitative estimate of drug-likeness (QED) is 0.654. The monoisotopic (exact) mass is 383 g/mol. The van der Waals surface area contributed by atoms with E-state index in [4.69, 9.17) is 4.74 Å². The van der Waals surface area contributed by atoms with Gasteiger partial charge in [0.15, 0.2) is 0 Å². The van der Waals surface area contributed by atoms with E-state index in [1.807, 2.05) is 18.2 Å². The number of aliphatic hydroxyl groups is 1. The molecular formula is C25H37NO2. The van der Waals surface area contributed by atoms with Crippen molar-refractivity contribution in [1.29, 1.82) is 0 Å². The standard InChI is InChI=1S/C25H37NO2/c1-18-7-8-19-16-20(9-12-24(18,19)2)25(3)13-10-22(27)17-21(25)11-15-28-23-6-4-5-14-26-23/h4-6,14,19-22,27H,1,7-13,15-17H2,2-3H3. The molecule has 1 N–H and O–H groups in total. The number of hydrogen-bond donors (Lipinski definition) is 1. The number of aliphatic hydroxyl groups excluding tert-OH is 1. The van der Waals surface area contributed by atoms with Crippen molar-refractivity contribution in [1.82, 2.24) is 4.98 Å². The van der Waals surface area contributed by atoms with Gasteiger partial charge in [-0.1, -0.05) is 32.1 Å². The first-order chi connectivity index (χ1) is 13.4. The zero-order chi connectivity index (χ0) is 19.8. The Kier molecular flexibility index (Phi) is 5.57. The fourth-order valence-corrected chi connectivity index (χ4v) is 6.65. The molecule has 0 amide bonds. The van der Waals surface area contributed by atoms with Gasteiger partial charge in [0.1, 0.15) is 0 Å². The maximum atomic E-state index is 10.4. The molecule has 0 saturated heterocycles. The highest BCUT2D eigenvalue weighted by Gasteiger charge is 2.52. The normalized spacial score (nSPS) is 40.9. The second-order valence-corrected chi connectivity index (χ2v) is 10.2. The molecule has 6 atom stereocenters. The maximum absolute atomic E-state index is 10.4. The van der Waals surface area contributed by atoms with Gasteiger partial charge in [-0.3, -0.25) is 0 Å². The minimum absolute atomic E-state index is 0.145. The molecule has 3 aliphatic carbocycles.